The van der Waals surface area contributed by atoms with Gasteiger partial charge in [-0.25, -0.2) is 9.79 Å². The molecule has 0 saturated carbocycles. The molecule has 0 amide bonds. The average molecular weight is 263 g/mol. The first-order valence-electron chi connectivity index (χ1n) is 5.12. The minimum absolute atomic E-state index is 0.168. The van der Waals surface area contributed by atoms with E-state index in [9.17, 15) is 9.90 Å². The maximum Gasteiger partial charge on any atom is 0.338 e. The normalized spacial score (nSPS) is 10.9. The molecule has 94 valence electrons. The molecular weight excluding hydrogens is 250 g/mol. The standard InChI is InChI=1S/C12H13N3O2S/c1-7-4-5-8(2)10(9(7)11(16)17)15-12(18-3)14-6-13/h4-5H,1-3H3,(H,14,15)(H,16,17). The predicted octanol–water partition coefficient (Wildman–Crippen LogP) is 2.42. The molecule has 0 spiro atoms. The molecule has 0 heterocycles. The van der Waals surface area contributed by atoms with Gasteiger partial charge >= 0.3 is 5.97 Å². The van der Waals surface area contributed by atoms with E-state index < -0.39 is 5.97 Å². The largest absolute Gasteiger partial charge is 0.478 e. The Morgan fingerprint density at radius 3 is 2.56 bits per heavy atom. The van der Waals surface area contributed by atoms with Crippen molar-refractivity contribution in [1.82, 2.24) is 5.32 Å². The van der Waals surface area contributed by atoms with Gasteiger partial charge in [0.25, 0.3) is 0 Å². The van der Waals surface area contributed by atoms with Gasteiger partial charge in [-0.3, -0.25) is 5.32 Å². The summed E-state index contributed by atoms with van der Waals surface area (Å²) in [7, 11) is 0. The van der Waals surface area contributed by atoms with Crippen molar-refractivity contribution in [3.05, 3.63) is 28.8 Å². The Labute approximate surface area is 110 Å². The highest BCUT2D eigenvalue weighted by Gasteiger charge is 2.15. The number of nitrogens with zero attached hydrogens (tertiary/aromatic N) is 2. The third-order valence-corrected chi connectivity index (χ3v) is 2.95. The van der Waals surface area contributed by atoms with Crippen molar-refractivity contribution in [3.63, 3.8) is 0 Å². The van der Waals surface area contributed by atoms with Crippen LogP contribution in [0.4, 0.5) is 5.69 Å². The van der Waals surface area contributed by atoms with Crippen molar-refractivity contribution in [1.29, 1.82) is 5.26 Å². The highest BCUT2D eigenvalue weighted by Crippen LogP contribution is 2.28. The number of hydrogen-bond donors (Lipinski definition) is 2. The third kappa shape index (κ3) is 3.02. The number of carbonyl (C=O) groups is 1. The molecule has 0 atom stereocenters. The summed E-state index contributed by atoms with van der Waals surface area (Å²) in [5, 5.41) is 20.6. The minimum atomic E-state index is -1.02. The van der Waals surface area contributed by atoms with Crippen LogP contribution in [0.1, 0.15) is 21.5 Å². The van der Waals surface area contributed by atoms with Gasteiger partial charge in [0.1, 0.15) is 0 Å². The van der Waals surface area contributed by atoms with Gasteiger partial charge in [0, 0.05) is 0 Å². The summed E-state index contributed by atoms with van der Waals surface area (Å²) in [5.41, 5.74) is 1.95. The SMILES string of the molecule is CSC(=Nc1c(C)ccc(C)c1C(=O)O)NC#N. The average Bonchev–Trinajstić information content (AvgIpc) is 2.32. The Bertz CT molecular complexity index is 547. The van der Waals surface area contributed by atoms with Crippen LogP contribution in [0.15, 0.2) is 17.1 Å². The molecule has 0 saturated heterocycles. The summed E-state index contributed by atoms with van der Waals surface area (Å²) in [5.74, 6) is -1.02. The van der Waals surface area contributed by atoms with Gasteiger partial charge < -0.3 is 5.11 Å². The number of carboxylic acids is 1. The highest BCUT2D eigenvalue weighted by molar-refractivity contribution is 8.13. The highest BCUT2D eigenvalue weighted by atomic mass is 32.2. The number of thioether (sulfide) groups is 1. The van der Waals surface area contributed by atoms with Gasteiger partial charge in [0.05, 0.1) is 11.3 Å². The Morgan fingerprint density at radius 1 is 1.44 bits per heavy atom. The van der Waals surface area contributed by atoms with Gasteiger partial charge in [-0.05, 0) is 31.2 Å². The lowest BCUT2D eigenvalue weighted by atomic mass is 10.0. The number of amidine groups is 1. The molecule has 0 aliphatic heterocycles. The molecule has 0 bridgehead atoms. The molecular formula is C12H13N3O2S. The van der Waals surface area contributed by atoms with Crippen molar-refractivity contribution in [2.75, 3.05) is 6.26 Å². The van der Waals surface area contributed by atoms with Crippen LogP contribution in [-0.2, 0) is 0 Å². The van der Waals surface area contributed by atoms with Crippen LogP contribution in [0.25, 0.3) is 0 Å². The van der Waals surface area contributed by atoms with E-state index in [0.717, 1.165) is 5.56 Å². The molecule has 18 heavy (non-hydrogen) atoms. The summed E-state index contributed by atoms with van der Waals surface area (Å²) >= 11 is 1.25. The zero-order chi connectivity index (χ0) is 13.7. The van der Waals surface area contributed by atoms with E-state index in [4.69, 9.17) is 5.26 Å². The molecule has 1 aromatic carbocycles. The van der Waals surface area contributed by atoms with Gasteiger partial charge in [-0.2, -0.15) is 5.26 Å². The molecule has 0 unspecified atom stereocenters. The van der Waals surface area contributed by atoms with Gasteiger partial charge in [0.2, 0.25) is 0 Å². The lowest BCUT2D eigenvalue weighted by molar-refractivity contribution is 0.0697. The number of benzene rings is 1. The first-order valence-corrected chi connectivity index (χ1v) is 6.35. The Morgan fingerprint density at radius 2 is 2.06 bits per heavy atom. The van der Waals surface area contributed by atoms with Gasteiger partial charge in [0.15, 0.2) is 11.4 Å². The van der Waals surface area contributed by atoms with Crippen molar-refractivity contribution >= 4 is 28.6 Å². The van der Waals surface area contributed by atoms with E-state index in [-0.39, 0.29) is 5.56 Å². The molecule has 2 N–H and O–H groups in total. The summed E-state index contributed by atoms with van der Waals surface area (Å²) in [6, 6.07) is 3.55. The predicted molar refractivity (Wildman–Crippen MR) is 72.2 cm³/mol. The van der Waals surface area contributed by atoms with Crippen LogP contribution in [0, 0.1) is 25.3 Å². The number of rotatable bonds is 2. The molecule has 0 aromatic heterocycles. The van der Waals surface area contributed by atoms with E-state index in [1.807, 2.05) is 6.07 Å². The minimum Gasteiger partial charge on any atom is -0.478 e. The summed E-state index contributed by atoms with van der Waals surface area (Å²) < 4.78 is 0. The van der Waals surface area contributed by atoms with Crippen molar-refractivity contribution in [2.24, 2.45) is 4.99 Å². The van der Waals surface area contributed by atoms with Crippen molar-refractivity contribution in [3.8, 4) is 6.19 Å². The number of nitrogens with one attached hydrogen (secondary N) is 1. The van der Waals surface area contributed by atoms with Crippen molar-refractivity contribution < 1.29 is 9.90 Å². The van der Waals surface area contributed by atoms with Gasteiger partial charge in [-0.1, -0.05) is 23.9 Å². The number of aromatic carboxylic acids is 1. The van der Waals surface area contributed by atoms with Crippen LogP contribution in [-0.4, -0.2) is 22.5 Å². The van der Waals surface area contributed by atoms with Crippen LogP contribution in [0.2, 0.25) is 0 Å². The molecule has 0 aliphatic rings. The first kappa shape index (κ1) is 14.1. The molecule has 1 rings (SSSR count). The van der Waals surface area contributed by atoms with Crippen LogP contribution < -0.4 is 5.32 Å². The van der Waals surface area contributed by atoms with Gasteiger partial charge in [-0.15, -0.1) is 0 Å². The number of carboxylic acid groups (broad SMARTS) is 1. The van der Waals surface area contributed by atoms with E-state index in [1.165, 1.54) is 11.8 Å². The quantitative estimate of drug-likeness (QED) is 0.370. The number of aliphatic imine (C=N–C) groups is 1. The topological polar surface area (TPSA) is 85.5 Å². The molecule has 0 fully saturated rings. The Hall–Kier alpha value is -2.00. The number of aryl methyl sites for hydroxylation is 2. The zero-order valence-corrected chi connectivity index (χ0v) is 11.1. The fourth-order valence-electron chi connectivity index (χ4n) is 1.48. The van der Waals surface area contributed by atoms with E-state index in [2.05, 4.69) is 10.3 Å². The lowest BCUT2D eigenvalue weighted by Crippen LogP contribution is -2.13. The molecule has 1 aromatic rings. The van der Waals surface area contributed by atoms with Crippen LogP contribution in [0.3, 0.4) is 0 Å². The first-order chi connectivity index (χ1) is 8.51. The Balaban J connectivity index is 3.44. The second kappa shape index (κ2) is 6.07. The summed E-state index contributed by atoms with van der Waals surface area (Å²) in [6.45, 7) is 3.51. The van der Waals surface area contributed by atoms with Crippen LogP contribution in [0.5, 0.6) is 0 Å². The Kier molecular flexibility index (Phi) is 4.75. The fourth-order valence-corrected chi connectivity index (χ4v) is 1.81. The molecule has 6 heteroatoms. The maximum absolute atomic E-state index is 11.3. The fraction of sp³-hybridized carbons (Fsp3) is 0.250. The number of nitriles is 1. The summed E-state index contributed by atoms with van der Waals surface area (Å²) in [4.78, 5) is 15.5. The van der Waals surface area contributed by atoms with E-state index in [1.54, 1.807) is 32.4 Å². The van der Waals surface area contributed by atoms with E-state index >= 15 is 0 Å². The maximum atomic E-state index is 11.3. The second-order valence-electron chi connectivity index (χ2n) is 3.59. The smallest absolute Gasteiger partial charge is 0.338 e. The molecule has 0 radical (unpaired) electrons. The number of hydrogen-bond acceptors (Lipinski definition) is 4. The second-order valence-corrected chi connectivity index (χ2v) is 4.38. The lowest BCUT2D eigenvalue weighted by Gasteiger charge is -2.09. The zero-order valence-electron chi connectivity index (χ0n) is 10.3. The molecule has 5 nitrogen and oxygen atoms in total. The molecule has 0 aliphatic carbocycles. The van der Waals surface area contributed by atoms with Crippen molar-refractivity contribution in [2.45, 2.75) is 13.8 Å². The van der Waals surface area contributed by atoms with E-state index in [0.29, 0.717) is 16.4 Å². The summed E-state index contributed by atoms with van der Waals surface area (Å²) in [6.07, 6.45) is 3.53. The van der Waals surface area contributed by atoms with Crippen LogP contribution >= 0.6 is 11.8 Å². The monoisotopic (exact) mass is 263 g/mol. The third-order valence-electron chi connectivity index (χ3n) is 2.37.